The molecule has 0 radical (unpaired) electrons. The fourth-order valence-corrected chi connectivity index (χ4v) is 3.02. The summed E-state index contributed by atoms with van der Waals surface area (Å²) in [4.78, 5) is 11.8. The molecule has 1 heterocycles. The number of rotatable bonds is 4. The standard InChI is InChI=1S/C16H32N2O4S/c1-11(18-23(20)16(5,6)7)13-9-8-12(10-21-13)17-14(19)22-15(2,3)4/h11-13,18H,8-10H2,1-7H3,(H,17,19)/t11-,12+,13-,23+/m0/s1. The highest BCUT2D eigenvalue weighted by molar-refractivity contribution is 7.84. The average molecular weight is 349 g/mol. The van der Waals surface area contributed by atoms with Crippen LogP contribution in [-0.4, -0.2) is 45.4 Å². The summed E-state index contributed by atoms with van der Waals surface area (Å²) in [7, 11) is -1.12. The third kappa shape index (κ3) is 7.63. The predicted molar refractivity (Wildman–Crippen MR) is 92.6 cm³/mol. The van der Waals surface area contributed by atoms with Gasteiger partial charge in [0.2, 0.25) is 0 Å². The monoisotopic (exact) mass is 348 g/mol. The predicted octanol–water partition coefficient (Wildman–Crippen LogP) is 2.50. The number of carbonyl (C=O) groups is 1. The van der Waals surface area contributed by atoms with Gasteiger partial charge in [0.25, 0.3) is 0 Å². The maximum atomic E-state index is 12.1. The first-order valence-electron chi connectivity index (χ1n) is 8.17. The second kappa shape index (κ2) is 7.94. The molecule has 1 amide bonds. The topological polar surface area (TPSA) is 76.7 Å². The van der Waals surface area contributed by atoms with Gasteiger partial charge in [-0.1, -0.05) is 0 Å². The summed E-state index contributed by atoms with van der Waals surface area (Å²) in [5.74, 6) is 0. The fourth-order valence-electron chi connectivity index (χ4n) is 2.18. The summed E-state index contributed by atoms with van der Waals surface area (Å²) >= 11 is 0. The molecule has 0 aliphatic carbocycles. The van der Waals surface area contributed by atoms with Crippen LogP contribution < -0.4 is 10.0 Å². The molecule has 1 aliphatic heterocycles. The number of nitrogens with one attached hydrogen (secondary N) is 2. The molecule has 2 N–H and O–H groups in total. The van der Waals surface area contributed by atoms with E-state index in [-0.39, 0.29) is 22.9 Å². The maximum absolute atomic E-state index is 12.1. The van der Waals surface area contributed by atoms with Crippen molar-refractivity contribution in [1.29, 1.82) is 0 Å². The van der Waals surface area contributed by atoms with Crippen LogP contribution >= 0.6 is 0 Å². The third-order valence-corrected chi connectivity index (χ3v) is 5.14. The summed E-state index contributed by atoms with van der Waals surface area (Å²) in [6, 6.07) is -0.0426. The first-order valence-corrected chi connectivity index (χ1v) is 9.32. The molecule has 136 valence electrons. The molecule has 1 saturated heterocycles. The van der Waals surface area contributed by atoms with E-state index in [0.29, 0.717) is 6.61 Å². The van der Waals surface area contributed by atoms with Crippen LogP contribution in [0, 0.1) is 0 Å². The van der Waals surface area contributed by atoms with E-state index in [1.54, 1.807) is 0 Å². The molecule has 0 spiro atoms. The summed E-state index contributed by atoms with van der Waals surface area (Å²) in [6.07, 6.45) is 1.20. The van der Waals surface area contributed by atoms with Gasteiger partial charge < -0.3 is 14.8 Å². The van der Waals surface area contributed by atoms with Crippen molar-refractivity contribution in [2.75, 3.05) is 6.61 Å². The Morgan fingerprint density at radius 1 is 1.22 bits per heavy atom. The van der Waals surface area contributed by atoms with Crippen LogP contribution in [0.3, 0.4) is 0 Å². The van der Waals surface area contributed by atoms with Gasteiger partial charge in [-0.25, -0.2) is 13.7 Å². The first kappa shape index (κ1) is 20.4. The van der Waals surface area contributed by atoms with Crippen molar-refractivity contribution in [3.05, 3.63) is 0 Å². The van der Waals surface area contributed by atoms with Crippen molar-refractivity contribution in [3.8, 4) is 0 Å². The highest BCUT2D eigenvalue weighted by Gasteiger charge is 2.30. The molecule has 0 aromatic rings. The van der Waals surface area contributed by atoms with Crippen molar-refractivity contribution in [3.63, 3.8) is 0 Å². The Balaban J connectivity index is 2.38. The Bertz CT molecular complexity index is 421. The van der Waals surface area contributed by atoms with Gasteiger partial charge in [0.05, 0.1) is 34.5 Å². The number of ether oxygens (including phenoxy) is 2. The maximum Gasteiger partial charge on any atom is 0.407 e. The Kier molecular flexibility index (Phi) is 7.04. The zero-order valence-corrected chi connectivity index (χ0v) is 16.2. The highest BCUT2D eigenvalue weighted by atomic mass is 32.2. The third-order valence-electron chi connectivity index (χ3n) is 3.44. The van der Waals surface area contributed by atoms with Gasteiger partial charge in [0.15, 0.2) is 0 Å². The highest BCUT2D eigenvalue weighted by Crippen LogP contribution is 2.19. The summed E-state index contributed by atoms with van der Waals surface area (Å²) in [5.41, 5.74) is -0.502. The van der Waals surface area contributed by atoms with E-state index in [1.807, 2.05) is 48.5 Å². The largest absolute Gasteiger partial charge is 0.444 e. The SMILES string of the molecule is C[C@H](N[S@](=O)C(C)(C)C)[C@@H]1CC[C@@H](NC(=O)OC(C)(C)C)CO1. The minimum Gasteiger partial charge on any atom is -0.444 e. The second-order valence-corrected chi connectivity index (χ2v) is 10.1. The number of amides is 1. The van der Waals surface area contributed by atoms with Gasteiger partial charge in [-0.3, -0.25) is 0 Å². The number of hydrogen-bond acceptors (Lipinski definition) is 4. The summed E-state index contributed by atoms with van der Waals surface area (Å²) in [6.45, 7) is 13.7. The zero-order chi connectivity index (χ0) is 17.8. The van der Waals surface area contributed by atoms with E-state index in [1.165, 1.54) is 0 Å². The summed E-state index contributed by atoms with van der Waals surface area (Å²) < 4.78 is 26.0. The molecule has 23 heavy (non-hydrogen) atoms. The van der Waals surface area contributed by atoms with Gasteiger partial charge in [-0.05, 0) is 61.3 Å². The molecule has 0 aromatic heterocycles. The Morgan fingerprint density at radius 3 is 2.26 bits per heavy atom. The van der Waals surface area contributed by atoms with Crippen molar-refractivity contribution >= 4 is 17.1 Å². The molecule has 4 atom stereocenters. The molecule has 0 bridgehead atoms. The van der Waals surface area contributed by atoms with E-state index in [2.05, 4.69) is 10.0 Å². The van der Waals surface area contributed by atoms with Gasteiger partial charge in [0, 0.05) is 6.04 Å². The average Bonchev–Trinajstić information content (AvgIpc) is 2.35. The molecular formula is C16H32N2O4S. The van der Waals surface area contributed by atoms with Crippen LogP contribution in [-0.2, 0) is 20.5 Å². The van der Waals surface area contributed by atoms with E-state index in [0.717, 1.165) is 12.8 Å². The van der Waals surface area contributed by atoms with Gasteiger partial charge in [-0.15, -0.1) is 0 Å². The quantitative estimate of drug-likeness (QED) is 0.818. The van der Waals surface area contributed by atoms with Crippen molar-refractivity contribution < 1.29 is 18.5 Å². The van der Waals surface area contributed by atoms with Crippen molar-refractivity contribution in [2.24, 2.45) is 0 Å². The number of alkyl carbamates (subject to hydrolysis) is 1. The van der Waals surface area contributed by atoms with Crippen molar-refractivity contribution in [2.45, 2.75) is 89.8 Å². The molecule has 0 aromatic carbocycles. The zero-order valence-electron chi connectivity index (χ0n) is 15.4. The normalized spacial score (nSPS) is 25.5. The number of hydrogen-bond donors (Lipinski definition) is 2. The minimum atomic E-state index is -1.12. The van der Waals surface area contributed by atoms with E-state index < -0.39 is 22.7 Å². The molecular weight excluding hydrogens is 316 g/mol. The fraction of sp³-hybridized carbons (Fsp3) is 0.938. The van der Waals surface area contributed by atoms with Gasteiger partial charge in [0.1, 0.15) is 5.60 Å². The lowest BCUT2D eigenvalue weighted by Gasteiger charge is -2.34. The molecule has 1 rings (SSSR count). The lowest BCUT2D eigenvalue weighted by atomic mass is 10.0. The van der Waals surface area contributed by atoms with Crippen LogP contribution in [0.1, 0.15) is 61.3 Å². The van der Waals surface area contributed by atoms with E-state index >= 15 is 0 Å². The molecule has 7 heteroatoms. The van der Waals surface area contributed by atoms with Crippen molar-refractivity contribution in [1.82, 2.24) is 10.0 Å². The van der Waals surface area contributed by atoms with Gasteiger partial charge >= 0.3 is 6.09 Å². The van der Waals surface area contributed by atoms with E-state index in [9.17, 15) is 9.00 Å². The first-order chi connectivity index (χ1) is 10.4. The minimum absolute atomic E-state index is 0.00186. The molecule has 0 unspecified atom stereocenters. The summed E-state index contributed by atoms with van der Waals surface area (Å²) in [5, 5.41) is 2.83. The second-order valence-electron chi connectivity index (χ2n) is 8.08. The van der Waals surface area contributed by atoms with E-state index in [4.69, 9.17) is 9.47 Å². The molecule has 1 aliphatic rings. The van der Waals surface area contributed by atoms with Crippen LogP contribution in [0.5, 0.6) is 0 Å². The smallest absolute Gasteiger partial charge is 0.407 e. The Morgan fingerprint density at radius 2 is 1.83 bits per heavy atom. The Hall–Kier alpha value is -0.660. The van der Waals surface area contributed by atoms with Crippen LogP contribution in [0.15, 0.2) is 0 Å². The lowest BCUT2D eigenvalue weighted by Crippen LogP contribution is -2.50. The number of carbonyl (C=O) groups excluding carboxylic acids is 1. The lowest BCUT2D eigenvalue weighted by molar-refractivity contribution is -0.0195. The Labute approximate surface area is 142 Å². The molecule has 0 saturated carbocycles. The molecule has 1 fully saturated rings. The van der Waals surface area contributed by atoms with Crippen LogP contribution in [0.2, 0.25) is 0 Å². The van der Waals surface area contributed by atoms with Gasteiger partial charge in [-0.2, -0.15) is 0 Å². The molecule has 6 nitrogen and oxygen atoms in total. The van der Waals surface area contributed by atoms with Crippen LogP contribution in [0.4, 0.5) is 4.79 Å². The van der Waals surface area contributed by atoms with Crippen LogP contribution in [0.25, 0.3) is 0 Å².